The molecule has 0 aliphatic rings. The molecular formula is C8H19NS2. The van der Waals surface area contributed by atoms with Crippen LogP contribution < -0.4 is 0 Å². The third-order valence-electron chi connectivity index (χ3n) is 1.25. The zero-order valence-corrected chi connectivity index (χ0v) is 9.58. The molecule has 0 saturated carbocycles. The minimum Gasteiger partial charge on any atom is -0.241 e. The second kappa shape index (κ2) is 6.21. The average Bonchev–Trinajstić information content (AvgIpc) is 1.84. The fourth-order valence-corrected chi connectivity index (χ4v) is 2.09. The normalized spacial score (nSPS) is 12.0. The number of hydrogen-bond donors (Lipinski definition) is 1. The van der Waals surface area contributed by atoms with Crippen LogP contribution in [-0.4, -0.2) is 17.4 Å². The summed E-state index contributed by atoms with van der Waals surface area (Å²) in [6.45, 7) is 11.2. The molecule has 3 heteroatoms. The van der Waals surface area contributed by atoms with Gasteiger partial charge in [0.25, 0.3) is 0 Å². The monoisotopic (exact) mass is 193 g/mol. The van der Waals surface area contributed by atoms with Gasteiger partial charge in [0.15, 0.2) is 0 Å². The van der Waals surface area contributed by atoms with Crippen LogP contribution in [0.2, 0.25) is 0 Å². The van der Waals surface area contributed by atoms with Gasteiger partial charge >= 0.3 is 0 Å². The van der Waals surface area contributed by atoms with Crippen molar-refractivity contribution in [1.82, 2.24) is 4.31 Å². The number of hydrogen-bond acceptors (Lipinski definition) is 3. The lowest BCUT2D eigenvalue weighted by atomic mass is 10.2. The zero-order chi connectivity index (χ0) is 8.85. The van der Waals surface area contributed by atoms with Crippen molar-refractivity contribution in [1.29, 1.82) is 0 Å². The molecule has 0 spiro atoms. The number of nitrogens with zero attached hydrogens (tertiary/aromatic N) is 1. The Morgan fingerprint density at radius 2 is 1.45 bits per heavy atom. The van der Waals surface area contributed by atoms with Crippen molar-refractivity contribution in [2.75, 3.05) is 13.1 Å². The van der Waals surface area contributed by atoms with Gasteiger partial charge in [-0.1, -0.05) is 39.4 Å². The van der Waals surface area contributed by atoms with E-state index in [1.165, 1.54) is 0 Å². The van der Waals surface area contributed by atoms with Crippen molar-refractivity contribution in [2.45, 2.75) is 27.7 Å². The van der Waals surface area contributed by atoms with E-state index in [1.54, 1.807) is 11.0 Å². The third-order valence-corrected chi connectivity index (χ3v) is 2.47. The third kappa shape index (κ3) is 7.04. The summed E-state index contributed by atoms with van der Waals surface area (Å²) in [7, 11) is 1.55. The van der Waals surface area contributed by atoms with E-state index in [-0.39, 0.29) is 0 Å². The first kappa shape index (κ1) is 11.7. The second-order valence-electron chi connectivity index (χ2n) is 3.72. The van der Waals surface area contributed by atoms with Crippen molar-refractivity contribution in [3.8, 4) is 0 Å². The second-order valence-corrected chi connectivity index (χ2v) is 4.89. The van der Waals surface area contributed by atoms with Gasteiger partial charge in [-0.2, -0.15) is 0 Å². The van der Waals surface area contributed by atoms with Gasteiger partial charge in [0, 0.05) is 13.1 Å². The minimum atomic E-state index is 0.730. The molecule has 0 heterocycles. The molecule has 0 aliphatic heterocycles. The van der Waals surface area contributed by atoms with E-state index in [2.05, 4.69) is 43.7 Å². The highest BCUT2D eigenvalue weighted by Gasteiger charge is 2.07. The van der Waals surface area contributed by atoms with Gasteiger partial charge in [-0.25, -0.2) is 4.31 Å². The maximum Gasteiger partial charge on any atom is 0.0120 e. The van der Waals surface area contributed by atoms with E-state index >= 15 is 0 Å². The molecule has 0 fully saturated rings. The van der Waals surface area contributed by atoms with Crippen LogP contribution in [0.15, 0.2) is 0 Å². The Balaban J connectivity index is 3.58. The predicted octanol–water partition coefficient (Wildman–Crippen LogP) is 3.09. The Kier molecular flexibility index (Phi) is 6.58. The Morgan fingerprint density at radius 1 is 1.09 bits per heavy atom. The van der Waals surface area contributed by atoms with E-state index < -0.39 is 0 Å². The van der Waals surface area contributed by atoms with Crippen LogP contribution in [0.1, 0.15) is 27.7 Å². The molecule has 0 aromatic carbocycles. The standard InChI is InChI=1S/C8H19NS2/c1-7(2)5-9(11-10)6-8(3)4/h7-8,10H,5-6H2,1-4H3. The lowest BCUT2D eigenvalue weighted by molar-refractivity contribution is 0.367. The predicted molar refractivity (Wildman–Crippen MR) is 57.8 cm³/mol. The summed E-state index contributed by atoms with van der Waals surface area (Å²) in [5, 5.41) is 0. The van der Waals surface area contributed by atoms with E-state index in [0.717, 1.165) is 24.9 Å². The molecule has 0 radical (unpaired) electrons. The van der Waals surface area contributed by atoms with Gasteiger partial charge in [-0.15, -0.1) is 0 Å². The fraction of sp³-hybridized carbons (Fsp3) is 1.00. The van der Waals surface area contributed by atoms with Gasteiger partial charge < -0.3 is 0 Å². The Morgan fingerprint density at radius 3 is 1.64 bits per heavy atom. The molecule has 1 nitrogen and oxygen atoms in total. The van der Waals surface area contributed by atoms with E-state index in [4.69, 9.17) is 0 Å². The Hall–Kier alpha value is 0.660. The van der Waals surface area contributed by atoms with E-state index in [9.17, 15) is 0 Å². The van der Waals surface area contributed by atoms with E-state index in [1.807, 2.05) is 0 Å². The van der Waals surface area contributed by atoms with Crippen LogP contribution in [0.25, 0.3) is 0 Å². The van der Waals surface area contributed by atoms with Gasteiger partial charge in [-0.05, 0) is 22.8 Å². The minimum absolute atomic E-state index is 0.730. The van der Waals surface area contributed by atoms with Gasteiger partial charge in [0.2, 0.25) is 0 Å². The fourth-order valence-electron chi connectivity index (χ4n) is 0.956. The first-order valence-corrected chi connectivity index (χ1v) is 5.95. The van der Waals surface area contributed by atoms with Gasteiger partial charge in [-0.3, -0.25) is 0 Å². The summed E-state index contributed by atoms with van der Waals surface area (Å²) in [5.41, 5.74) is 0. The molecule has 0 bridgehead atoms. The summed E-state index contributed by atoms with van der Waals surface area (Å²) < 4.78 is 2.30. The zero-order valence-electron chi connectivity index (χ0n) is 7.87. The molecule has 0 unspecified atom stereocenters. The Bertz CT molecular complexity index is 84.1. The molecule has 68 valence electrons. The van der Waals surface area contributed by atoms with Gasteiger partial charge in [0.1, 0.15) is 0 Å². The molecular weight excluding hydrogens is 174 g/mol. The average molecular weight is 193 g/mol. The molecule has 11 heavy (non-hydrogen) atoms. The van der Waals surface area contributed by atoms with Crippen molar-refractivity contribution >= 4 is 22.6 Å². The maximum atomic E-state index is 4.21. The molecule has 0 rings (SSSR count). The summed E-state index contributed by atoms with van der Waals surface area (Å²) in [6, 6.07) is 0. The highest BCUT2D eigenvalue weighted by atomic mass is 33.1. The summed E-state index contributed by atoms with van der Waals surface area (Å²) in [5.74, 6) is 1.46. The summed E-state index contributed by atoms with van der Waals surface area (Å²) >= 11 is 4.21. The lowest BCUT2D eigenvalue weighted by Gasteiger charge is -2.21. The molecule has 0 aliphatic carbocycles. The molecule has 0 amide bonds. The largest absolute Gasteiger partial charge is 0.241 e. The first-order chi connectivity index (χ1) is 5.06. The molecule has 0 saturated heterocycles. The smallest absolute Gasteiger partial charge is 0.0120 e. The SMILES string of the molecule is CC(C)CN(CC(C)C)SS. The maximum absolute atomic E-state index is 4.21. The molecule has 0 aromatic heterocycles. The van der Waals surface area contributed by atoms with Gasteiger partial charge in [0.05, 0.1) is 0 Å². The van der Waals surface area contributed by atoms with Crippen molar-refractivity contribution in [2.24, 2.45) is 11.8 Å². The van der Waals surface area contributed by atoms with Crippen molar-refractivity contribution in [3.05, 3.63) is 0 Å². The molecule has 0 N–H and O–H groups in total. The topological polar surface area (TPSA) is 3.24 Å². The number of rotatable bonds is 5. The number of thiol groups is 1. The van der Waals surface area contributed by atoms with Crippen LogP contribution in [0.4, 0.5) is 0 Å². The Labute approximate surface area is 79.9 Å². The summed E-state index contributed by atoms with van der Waals surface area (Å²) in [6.07, 6.45) is 0. The quantitative estimate of drug-likeness (QED) is 0.406. The van der Waals surface area contributed by atoms with Crippen LogP contribution in [-0.2, 0) is 0 Å². The highest BCUT2D eigenvalue weighted by Crippen LogP contribution is 2.17. The first-order valence-electron chi connectivity index (χ1n) is 4.12. The molecule has 0 atom stereocenters. The van der Waals surface area contributed by atoms with Crippen LogP contribution in [0, 0.1) is 11.8 Å². The highest BCUT2D eigenvalue weighted by molar-refractivity contribution is 8.67. The van der Waals surface area contributed by atoms with Crippen molar-refractivity contribution < 1.29 is 0 Å². The lowest BCUT2D eigenvalue weighted by Crippen LogP contribution is -2.23. The van der Waals surface area contributed by atoms with Crippen LogP contribution in [0.5, 0.6) is 0 Å². The summed E-state index contributed by atoms with van der Waals surface area (Å²) in [4.78, 5) is 0. The van der Waals surface area contributed by atoms with E-state index in [0.29, 0.717) is 0 Å². The molecule has 0 aromatic rings. The van der Waals surface area contributed by atoms with Crippen LogP contribution in [0.3, 0.4) is 0 Å². The van der Waals surface area contributed by atoms with Crippen molar-refractivity contribution in [3.63, 3.8) is 0 Å². The van der Waals surface area contributed by atoms with Crippen LogP contribution >= 0.6 is 22.6 Å².